The minimum absolute atomic E-state index is 0. The van der Waals surface area contributed by atoms with Gasteiger partial charge in [-0.25, -0.2) is 0 Å². The Morgan fingerprint density at radius 2 is 2.00 bits per heavy atom. The molecule has 0 spiro atoms. The van der Waals surface area contributed by atoms with Gasteiger partial charge in [0.25, 0.3) is 0 Å². The van der Waals surface area contributed by atoms with Crippen molar-refractivity contribution in [3.05, 3.63) is 24.3 Å². The Balaban J connectivity index is 0.00000169. The third kappa shape index (κ3) is 2.63. The van der Waals surface area contributed by atoms with Crippen LogP contribution >= 0.6 is 0 Å². The fourth-order valence-electron chi connectivity index (χ4n) is 1.19. The molecule has 0 saturated carbocycles. The Kier molecular flexibility index (Phi) is 3.58. The normalized spacial score (nSPS) is 10.0. The summed E-state index contributed by atoms with van der Waals surface area (Å²) < 4.78 is 5.07. The van der Waals surface area contributed by atoms with Crippen LogP contribution in [0, 0.1) is 0 Å². The molecule has 0 fully saturated rings. The number of ether oxygens (including phenoxy) is 1. The molecule has 2 N–H and O–H groups in total. The molecule has 13 heavy (non-hydrogen) atoms. The minimum atomic E-state index is 0. The van der Waals surface area contributed by atoms with E-state index in [9.17, 15) is 0 Å². The second kappa shape index (κ2) is 4.72. The standard InChI is InChI=1S/C10H16N2O.H2/c1-3-12(8-13-2)10-6-4-9(11)5-7-10;/h4-7H,3,8,11H2,1-2H3;1H. The van der Waals surface area contributed by atoms with Crippen molar-refractivity contribution < 1.29 is 6.16 Å². The van der Waals surface area contributed by atoms with Gasteiger partial charge in [-0.1, -0.05) is 0 Å². The quantitative estimate of drug-likeness (QED) is 0.571. The predicted octanol–water partition coefficient (Wildman–Crippen LogP) is 1.94. The minimum Gasteiger partial charge on any atom is -0.399 e. The molecular weight excluding hydrogens is 164 g/mol. The lowest BCUT2D eigenvalue weighted by Crippen LogP contribution is -2.24. The highest BCUT2D eigenvalue weighted by molar-refractivity contribution is 5.52. The van der Waals surface area contributed by atoms with E-state index >= 15 is 0 Å². The van der Waals surface area contributed by atoms with Crippen molar-refractivity contribution in [1.29, 1.82) is 0 Å². The first-order valence-corrected chi connectivity index (χ1v) is 4.37. The molecule has 0 aliphatic carbocycles. The van der Waals surface area contributed by atoms with Gasteiger partial charge in [0.1, 0.15) is 6.73 Å². The molecule has 0 saturated heterocycles. The Bertz CT molecular complexity index is 251. The lowest BCUT2D eigenvalue weighted by atomic mass is 10.2. The van der Waals surface area contributed by atoms with Crippen LogP contribution in [0.5, 0.6) is 0 Å². The van der Waals surface area contributed by atoms with E-state index in [0.717, 1.165) is 17.9 Å². The number of hydrogen-bond donors (Lipinski definition) is 1. The lowest BCUT2D eigenvalue weighted by molar-refractivity contribution is 0.198. The summed E-state index contributed by atoms with van der Waals surface area (Å²) in [6.45, 7) is 3.63. The zero-order valence-electron chi connectivity index (χ0n) is 8.16. The van der Waals surface area contributed by atoms with Crippen molar-refractivity contribution in [2.24, 2.45) is 0 Å². The second-order valence-electron chi connectivity index (χ2n) is 2.87. The third-order valence-corrected chi connectivity index (χ3v) is 1.92. The van der Waals surface area contributed by atoms with Crippen molar-refractivity contribution in [1.82, 2.24) is 0 Å². The lowest BCUT2D eigenvalue weighted by Gasteiger charge is -2.21. The monoisotopic (exact) mass is 182 g/mol. The summed E-state index contributed by atoms with van der Waals surface area (Å²) in [6, 6.07) is 7.79. The van der Waals surface area contributed by atoms with Gasteiger partial charge in [-0.05, 0) is 31.2 Å². The SMILES string of the molecule is CCN(COC)c1ccc(N)cc1.[HH]. The summed E-state index contributed by atoms with van der Waals surface area (Å²) in [5.74, 6) is 0. The average Bonchev–Trinajstić information content (AvgIpc) is 2.16. The molecule has 0 aliphatic heterocycles. The molecular formula is C10H18N2O. The van der Waals surface area contributed by atoms with Crippen LogP contribution in [0.3, 0.4) is 0 Å². The van der Waals surface area contributed by atoms with Crippen LogP contribution < -0.4 is 10.6 Å². The Morgan fingerprint density at radius 1 is 1.38 bits per heavy atom. The van der Waals surface area contributed by atoms with Crippen LogP contribution in [-0.2, 0) is 4.74 Å². The highest BCUT2D eigenvalue weighted by Crippen LogP contribution is 2.15. The molecule has 0 amide bonds. The molecule has 0 unspecified atom stereocenters. The van der Waals surface area contributed by atoms with Crippen LogP contribution in [0.1, 0.15) is 8.35 Å². The zero-order valence-corrected chi connectivity index (χ0v) is 8.16. The molecule has 1 rings (SSSR count). The topological polar surface area (TPSA) is 38.5 Å². The Hall–Kier alpha value is -1.22. The van der Waals surface area contributed by atoms with Crippen LogP contribution in [0.2, 0.25) is 0 Å². The number of nitrogens with zero attached hydrogens (tertiary/aromatic N) is 1. The number of nitrogen functional groups attached to an aromatic ring is 1. The van der Waals surface area contributed by atoms with Gasteiger partial charge in [0.15, 0.2) is 0 Å². The second-order valence-corrected chi connectivity index (χ2v) is 2.87. The number of rotatable bonds is 4. The summed E-state index contributed by atoms with van der Waals surface area (Å²) in [6.07, 6.45) is 0. The third-order valence-electron chi connectivity index (χ3n) is 1.92. The average molecular weight is 182 g/mol. The predicted molar refractivity (Wildman–Crippen MR) is 57.9 cm³/mol. The smallest absolute Gasteiger partial charge is 0.118 e. The molecule has 1 aromatic carbocycles. The van der Waals surface area contributed by atoms with Gasteiger partial charge in [-0.2, -0.15) is 0 Å². The maximum Gasteiger partial charge on any atom is 0.118 e. The van der Waals surface area contributed by atoms with Gasteiger partial charge in [-0.15, -0.1) is 0 Å². The molecule has 74 valence electrons. The van der Waals surface area contributed by atoms with E-state index in [4.69, 9.17) is 10.5 Å². The Morgan fingerprint density at radius 3 is 2.46 bits per heavy atom. The number of benzene rings is 1. The van der Waals surface area contributed by atoms with Crippen molar-refractivity contribution >= 4 is 11.4 Å². The van der Waals surface area contributed by atoms with Crippen LogP contribution in [0.4, 0.5) is 11.4 Å². The highest BCUT2D eigenvalue weighted by Gasteiger charge is 2.01. The fourth-order valence-corrected chi connectivity index (χ4v) is 1.19. The molecule has 3 nitrogen and oxygen atoms in total. The van der Waals surface area contributed by atoms with Crippen molar-refractivity contribution in [3.8, 4) is 0 Å². The van der Waals surface area contributed by atoms with Gasteiger partial charge in [-0.3, -0.25) is 0 Å². The van der Waals surface area contributed by atoms with E-state index in [-0.39, 0.29) is 1.43 Å². The zero-order chi connectivity index (χ0) is 9.68. The Labute approximate surface area is 80.6 Å². The molecule has 0 aromatic heterocycles. The van der Waals surface area contributed by atoms with Gasteiger partial charge in [0, 0.05) is 26.5 Å². The van der Waals surface area contributed by atoms with Crippen LogP contribution in [-0.4, -0.2) is 20.4 Å². The number of anilines is 2. The number of methoxy groups -OCH3 is 1. The summed E-state index contributed by atoms with van der Waals surface area (Å²) in [5, 5.41) is 0. The molecule has 3 heteroatoms. The number of hydrogen-bond acceptors (Lipinski definition) is 3. The van der Waals surface area contributed by atoms with E-state index in [1.807, 2.05) is 24.3 Å². The van der Waals surface area contributed by atoms with Crippen molar-refractivity contribution in [2.45, 2.75) is 6.92 Å². The maximum absolute atomic E-state index is 5.59. The van der Waals surface area contributed by atoms with Crippen LogP contribution in [0.15, 0.2) is 24.3 Å². The first kappa shape index (κ1) is 9.86. The largest absolute Gasteiger partial charge is 0.399 e. The van der Waals surface area contributed by atoms with E-state index in [0.29, 0.717) is 6.73 Å². The summed E-state index contributed by atoms with van der Waals surface area (Å²) in [7, 11) is 1.69. The van der Waals surface area contributed by atoms with E-state index in [2.05, 4.69) is 11.8 Å². The molecule has 0 heterocycles. The highest BCUT2D eigenvalue weighted by atomic mass is 16.5. The fraction of sp³-hybridized carbons (Fsp3) is 0.400. The van der Waals surface area contributed by atoms with Gasteiger partial charge in [0.05, 0.1) is 0 Å². The van der Waals surface area contributed by atoms with Gasteiger partial charge in [0.2, 0.25) is 0 Å². The summed E-state index contributed by atoms with van der Waals surface area (Å²) in [5.41, 5.74) is 7.52. The first-order valence-electron chi connectivity index (χ1n) is 4.37. The van der Waals surface area contributed by atoms with E-state index in [1.165, 1.54) is 0 Å². The van der Waals surface area contributed by atoms with E-state index < -0.39 is 0 Å². The molecule has 0 bridgehead atoms. The molecule has 0 aliphatic rings. The molecule has 0 atom stereocenters. The summed E-state index contributed by atoms with van der Waals surface area (Å²) in [4.78, 5) is 2.12. The van der Waals surface area contributed by atoms with Crippen molar-refractivity contribution in [3.63, 3.8) is 0 Å². The number of nitrogens with two attached hydrogens (primary N) is 1. The molecule has 0 radical (unpaired) electrons. The maximum atomic E-state index is 5.59. The first-order chi connectivity index (χ1) is 6.27. The van der Waals surface area contributed by atoms with Crippen molar-refractivity contribution in [2.75, 3.05) is 31.0 Å². The van der Waals surface area contributed by atoms with Crippen LogP contribution in [0.25, 0.3) is 0 Å². The van der Waals surface area contributed by atoms with Gasteiger partial charge >= 0.3 is 0 Å². The molecule has 1 aromatic rings. The summed E-state index contributed by atoms with van der Waals surface area (Å²) >= 11 is 0. The van der Waals surface area contributed by atoms with Gasteiger partial charge < -0.3 is 15.4 Å². The van der Waals surface area contributed by atoms with E-state index in [1.54, 1.807) is 7.11 Å².